The molecule has 0 atom stereocenters. The van der Waals surface area contributed by atoms with E-state index in [9.17, 15) is 29.4 Å². The number of benzene rings is 2. The van der Waals surface area contributed by atoms with Gasteiger partial charge in [-0.1, -0.05) is 12.1 Å². The van der Waals surface area contributed by atoms with E-state index in [1.807, 2.05) is 0 Å². The maximum absolute atomic E-state index is 11.4. The van der Waals surface area contributed by atoms with E-state index in [1.165, 1.54) is 31.2 Å². The van der Waals surface area contributed by atoms with Crippen molar-refractivity contribution in [1.29, 1.82) is 0 Å². The third kappa shape index (κ3) is 4.18. The van der Waals surface area contributed by atoms with Gasteiger partial charge in [0.1, 0.15) is 22.6 Å². The zero-order valence-corrected chi connectivity index (χ0v) is 14.3. The molecule has 0 heterocycles. The smallest absolute Gasteiger partial charge is 0.340 e. The zero-order chi connectivity index (χ0) is 21.0. The Morgan fingerprint density at radius 3 is 1.32 bits per heavy atom. The number of hydrogen-bond donors (Lipinski definition) is 4. The first kappa shape index (κ1) is 20.2. The lowest BCUT2D eigenvalue weighted by Crippen LogP contribution is -2.23. The normalized spacial score (nSPS) is 10.4. The molecule has 0 aliphatic heterocycles. The maximum Gasteiger partial charge on any atom is 0.340 e. The molecule has 10 heteroatoms. The van der Waals surface area contributed by atoms with Crippen LogP contribution in [-0.4, -0.2) is 50.6 Å². The average Bonchev–Trinajstić information content (AvgIpc) is 2.60. The van der Waals surface area contributed by atoms with E-state index in [0.29, 0.717) is 0 Å². The number of rotatable bonds is 8. The van der Waals surface area contributed by atoms with Crippen molar-refractivity contribution in [1.82, 2.24) is 0 Å². The van der Waals surface area contributed by atoms with Crippen molar-refractivity contribution in [3.05, 3.63) is 58.7 Å². The summed E-state index contributed by atoms with van der Waals surface area (Å²) in [6.45, 7) is 1.30. The molecule has 0 saturated heterocycles. The predicted molar refractivity (Wildman–Crippen MR) is 91.4 cm³/mol. The van der Waals surface area contributed by atoms with Crippen molar-refractivity contribution in [2.24, 2.45) is 0 Å². The third-order valence-electron chi connectivity index (χ3n) is 3.53. The van der Waals surface area contributed by atoms with Gasteiger partial charge in [-0.15, -0.1) is 0 Å². The summed E-state index contributed by atoms with van der Waals surface area (Å²) in [7, 11) is 0. The van der Waals surface area contributed by atoms with Crippen molar-refractivity contribution in [3.63, 3.8) is 0 Å². The fourth-order valence-corrected chi connectivity index (χ4v) is 2.44. The number of carbonyl (C=O) groups is 4. The second-order valence-corrected chi connectivity index (χ2v) is 5.38. The van der Waals surface area contributed by atoms with Crippen LogP contribution in [0.15, 0.2) is 36.4 Å². The molecule has 0 aliphatic carbocycles. The Kier molecular flexibility index (Phi) is 5.84. The van der Waals surface area contributed by atoms with E-state index in [0.717, 1.165) is 12.1 Å². The average molecular weight is 390 g/mol. The van der Waals surface area contributed by atoms with Gasteiger partial charge < -0.3 is 29.9 Å². The first-order valence-corrected chi connectivity index (χ1v) is 7.66. The summed E-state index contributed by atoms with van der Waals surface area (Å²) in [4.78, 5) is 45.3. The molecule has 2 rings (SSSR count). The highest BCUT2D eigenvalue weighted by molar-refractivity contribution is 6.04. The highest BCUT2D eigenvalue weighted by atomic mass is 16.7. The molecular weight excluding hydrogens is 376 g/mol. The van der Waals surface area contributed by atoms with E-state index in [1.54, 1.807) is 0 Å². The molecule has 0 radical (unpaired) electrons. The van der Waals surface area contributed by atoms with Gasteiger partial charge in [0.15, 0.2) is 0 Å². The lowest BCUT2D eigenvalue weighted by atomic mass is 10.1. The SMILES string of the molecule is CC(Oc1cccc(C(=O)O)c1C(=O)O)Oc1cccc(C(=O)O)c1C(=O)O. The molecule has 0 spiro atoms. The number of carboxylic acid groups (broad SMARTS) is 4. The standard InChI is InChI=1S/C18H14O10/c1-8(27-11-6-2-4-9(15(19)20)13(11)17(23)24)28-12-7-3-5-10(16(21)22)14(12)18(25)26/h2-8H,1H3,(H,19,20)(H,21,22)(H,23,24)(H,25,26). The Morgan fingerprint density at radius 1 is 0.679 bits per heavy atom. The summed E-state index contributed by atoms with van der Waals surface area (Å²) in [5.74, 6) is -6.66. The summed E-state index contributed by atoms with van der Waals surface area (Å²) in [6.07, 6.45) is -1.27. The topological polar surface area (TPSA) is 168 Å². The minimum Gasteiger partial charge on any atom is -0.478 e. The van der Waals surface area contributed by atoms with E-state index in [4.69, 9.17) is 19.7 Å². The zero-order valence-electron chi connectivity index (χ0n) is 14.3. The molecular formula is C18H14O10. The number of aromatic carboxylic acids is 4. The molecule has 0 bridgehead atoms. The Labute approximate surface area is 157 Å². The Bertz CT molecular complexity index is 885. The van der Waals surface area contributed by atoms with Crippen molar-refractivity contribution >= 4 is 23.9 Å². The lowest BCUT2D eigenvalue weighted by Gasteiger charge is -2.20. The first-order chi connectivity index (χ1) is 13.1. The number of hydrogen-bond acceptors (Lipinski definition) is 6. The Morgan fingerprint density at radius 2 is 1.04 bits per heavy atom. The van der Waals surface area contributed by atoms with Crippen LogP contribution in [0.25, 0.3) is 0 Å². The molecule has 0 unspecified atom stereocenters. The van der Waals surface area contributed by atoms with Gasteiger partial charge in [-0.2, -0.15) is 0 Å². The summed E-state index contributed by atoms with van der Waals surface area (Å²) >= 11 is 0. The van der Waals surface area contributed by atoms with Gasteiger partial charge in [0.05, 0.1) is 11.1 Å². The minimum atomic E-state index is -1.54. The van der Waals surface area contributed by atoms with Crippen molar-refractivity contribution in [3.8, 4) is 11.5 Å². The fraction of sp³-hybridized carbons (Fsp3) is 0.111. The summed E-state index contributed by atoms with van der Waals surface area (Å²) in [5.41, 5.74) is -2.22. The molecule has 0 aromatic heterocycles. The van der Waals surface area contributed by atoms with Crippen molar-refractivity contribution in [2.45, 2.75) is 13.2 Å². The van der Waals surface area contributed by atoms with Gasteiger partial charge in [-0.25, -0.2) is 19.2 Å². The molecule has 28 heavy (non-hydrogen) atoms. The van der Waals surface area contributed by atoms with Crippen LogP contribution in [0.2, 0.25) is 0 Å². The van der Waals surface area contributed by atoms with Gasteiger partial charge in [-0.05, 0) is 24.3 Å². The third-order valence-corrected chi connectivity index (χ3v) is 3.53. The second kappa shape index (κ2) is 8.08. The van der Waals surface area contributed by atoms with Crippen LogP contribution in [0.1, 0.15) is 48.4 Å². The molecule has 0 aliphatic rings. The van der Waals surface area contributed by atoms with Crippen LogP contribution in [0.4, 0.5) is 0 Å². The molecule has 0 fully saturated rings. The highest BCUT2D eigenvalue weighted by Gasteiger charge is 2.25. The van der Waals surface area contributed by atoms with Gasteiger partial charge >= 0.3 is 23.9 Å². The van der Waals surface area contributed by atoms with Crippen molar-refractivity contribution < 1.29 is 49.1 Å². The lowest BCUT2D eigenvalue weighted by molar-refractivity contribution is 0.0191. The summed E-state index contributed by atoms with van der Waals surface area (Å²) in [5, 5.41) is 36.8. The fourth-order valence-electron chi connectivity index (χ4n) is 2.44. The summed E-state index contributed by atoms with van der Waals surface area (Å²) < 4.78 is 10.7. The second-order valence-electron chi connectivity index (χ2n) is 5.38. The molecule has 2 aromatic rings. The molecule has 146 valence electrons. The maximum atomic E-state index is 11.4. The predicted octanol–water partition coefficient (Wildman–Crippen LogP) is 2.28. The molecule has 4 N–H and O–H groups in total. The molecule has 2 aromatic carbocycles. The first-order valence-electron chi connectivity index (χ1n) is 7.66. The van der Waals surface area contributed by atoms with Crippen LogP contribution in [-0.2, 0) is 0 Å². The van der Waals surface area contributed by atoms with Crippen LogP contribution in [0, 0.1) is 0 Å². The molecule has 0 saturated carbocycles. The van der Waals surface area contributed by atoms with Crippen LogP contribution < -0.4 is 9.47 Å². The Hall–Kier alpha value is -4.08. The van der Waals surface area contributed by atoms with Crippen molar-refractivity contribution in [2.75, 3.05) is 0 Å². The van der Waals surface area contributed by atoms with Gasteiger partial charge in [0.25, 0.3) is 0 Å². The van der Waals surface area contributed by atoms with E-state index < -0.39 is 52.4 Å². The quantitative estimate of drug-likeness (QED) is 0.491. The summed E-state index contributed by atoms with van der Waals surface area (Å²) in [6, 6.07) is 7.13. The number of ether oxygens (including phenoxy) is 2. The monoisotopic (exact) mass is 390 g/mol. The molecule has 0 amide bonds. The van der Waals surface area contributed by atoms with E-state index >= 15 is 0 Å². The Balaban J connectivity index is 2.38. The van der Waals surface area contributed by atoms with Crippen LogP contribution in [0.5, 0.6) is 11.5 Å². The van der Waals surface area contributed by atoms with E-state index in [2.05, 4.69) is 0 Å². The van der Waals surface area contributed by atoms with Gasteiger partial charge in [-0.3, -0.25) is 0 Å². The van der Waals surface area contributed by atoms with Gasteiger partial charge in [0, 0.05) is 6.92 Å². The van der Waals surface area contributed by atoms with Crippen LogP contribution in [0.3, 0.4) is 0 Å². The minimum absolute atomic E-state index is 0.314. The largest absolute Gasteiger partial charge is 0.478 e. The molecule has 10 nitrogen and oxygen atoms in total. The van der Waals surface area contributed by atoms with Crippen LogP contribution >= 0.6 is 0 Å². The number of carboxylic acids is 4. The van der Waals surface area contributed by atoms with Gasteiger partial charge in [0.2, 0.25) is 6.29 Å². The van der Waals surface area contributed by atoms with E-state index in [-0.39, 0.29) is 11.5 Å². The highest BCUT2D eigenvalue weighted by Crippen LogP contribution is 2.27.